The van der Waals surface area contributed by atoms with Crippen LogP contribution < -0.4 is 4.57 Å². The highest BCUT2D eigenvalue weighted by atomic mass is 15.0. The Balaban J connectivity index is 2.06. The second kappa shape index (κ2) is 5.48. The number of nitrogens with zero attached hydrogens (tertiary/aromatic N) is 2. The Labute approximate surface area is 170 Å². The van der Waals surface area contributed by atoms with Gasteiger partial charge in [0.15, 0.2) is 6.20 Å². The molecule has 6 rings (SSSR count). The van der Waals surface area contributed by atoms with Gasteiger partial charge in [-0.1, -0.05) is 44.2 Å². The summed E-state index contributed by atoms with van der Waals surface area (Å²) in [5.74, 6) is 0.511. The maximum Gasteiger partial charge on any atom is 0.238 e. The van der Waals surface area contributed by atoms with Crippen LogP contribution in [0.5, 0.6) is 0 Å². The van der Waals surface area contributed by atoms with Crippen LogP contribution in [0.4, 0.5) is 0 Å². The molecule has 0 saturated heterocycles. The fourth-order valence-electron chi connectivity index (χ4n) is 5.22. The molecule has 3 heterocycles. The van der Waals surface area contributed by atoms with Crippen molar-refractivity contribution in [2.75, 3.05) is 0 Å². The standard InChI is InChI=1S/C27H25N2/c1-15(2)18-9-10-20-21-11-12-28(5)27-24-17(4)16(3)13-19-7-6-8-22(25(19)24)29(26(21)27)23(20)14-18/h6-15H,1-5H3/q+1. The third-order valence-electron chi connectivity index (χ3n) is 6.88. The molecule has 0 atom stereocenters. The number of hydrogen-bond donors (Lipinski definition) is 0. The first-order valence-corrected chi connectivity index (χ1v) is 10.5. The molecule has 0 aliphatic heterocycles. The van der Waals surface area contributed by atoms with Gasteiger partial charge < -0.3 is 4.40 Å². The van der Waals surface area contributed by atoms with Gasteiger partial charge in [-0.3, -0.25) is 0 Å². The lowest BCUT2D eigenvalue weighted by molar-refractivity contribution is -0.644. The Hall–Kier alpha value is -3.13. The van der Waals surface area contributed by atoms with Crippen LogP contribution in [0, 0.1) is 13.8 Å². The summed E-state index contributed by atoms with van der Waals surface area (Å²) < 4.78 is 4.81. The van der Waals surface area contributed by atoms with Crippen molar-refractivity contribution in [1.29, 1.82) is 0 Å². The molecule has 2 heteroatoms. The van der Waals surface area contributed by atoms with Crippen molar-refractivity contribution in [2.45, 2.75) is 33.6 Å². The second-order valence-corrected chi connectivity index (χ2v) is 8.87. The van der Waals surface area contributed by atoms with E-state index in [1.165, 1.54) is 65.7 Å². The van der Waals surface area contributed by atoms with E-state index < -0.39 is 0 Å². The molecule has 3 aromatic heterocycles. The highest BCUT2D eigenvalue weighted by molar-refractivity contribution is 6.25. The fraction of sp³-hybridized carbons (Fsp3) is 0.222. The van der Waals surface area contributed by atoms with Gasteiger partial charge in [-0.2, -0.15) is 4.57 Å². The summed E-state index contributed by atoms with van der Waals surface area (Å²) in [5.41, 5.74) is 9.41. The topological polar surface area (TPSA) is 8.29 Å². The van der Waals surface area contributed by atoms with Crippen LogP contribution in [0.3, 0.4) is 0 Å². The Morgan fingerprint density at radius 2 is 1.69 bits per heavy atom. The minimum Gasteiger partial charge on any atom is -0.303 e. The zero-order chi connectivity index (χ0) is 20.0. The first-order valence-electron chi connectivity index (χ1n) is 10.5. The molecule has 0 N–H and O–H groups in total. The molecule has 0 fully saturated rings. The lowest BCUT2D eigenvalue weighted by Gasteiger charge is -2.15. The Kier molecular flexibility index (Phi) is 3.17. The molecule has 0 amide bonds. The van der Waals surface area contributed by atoms with Crippen LogP contribution in [0.25, 0.3) is 49.0 Å². The monoisotopic (exact) mass is 377 g/mol. The van der Waals surface area contributed by atoms with Crippen molar-refractivity contribution in [2.24, 2.45) is 7.05 Å². The van der Waals surface area contributed by atoms with Gasteiger partial charge in [0.25, 0.3) is 0 Å². The molecule has 0 aliphatic carbocycles. The minimum atomic E-state index is 0.511. The largest absolute Gasteiger partial charge is 0.303 e. The molecule has 142 valence electrons. The molecule has 6 aromatic rings. The summed E-state index contributed by atoms with van der Waals surface area (Å²) in [5, 5.41) is 6.77. The zero-order valence-corrected chi connectivity index (χ0v) is 17.7. The van der Waals surface area contributed by atoms with Gasteiger partial charge >= 0.3 is 0 Å². The van der Waals surface area contributed by atoms with Gasteiger partial charge in [-0.05, 0) is 54.0 Å². The molecule has 0 unspecified atom stereocenters. The SMILES string of the molecule is Cc1cc2cccc3c2c(c1C)c1c2c(cc[n+]1C)c1ccc(C(C)C)cc1n32. The fourth-order valence-corrected chi connectivity index (χ4v) is 5.22. The molecule has 0 bridgehead atoms. The number of aromatic nitrogens is 2. The molecular formula is C27H25N2+. The predicted octanol–water partition coefficient (Wildman–Crippen LogP) is 6.55. The van der Waals surface area contributed by atoms with E-state index in [-0.39, 0.29) is 0 Å². The third-order valence-corrected chi connectivity index (χ3v) is 6.88. The van der Waals surface area contributed by atoms with Crippen LogP contribution in [0.2, 0.25) is 0 Å². The Morgan fingerprint density at radius 3 is 2.48 bits per heavy atom. The van der Waals surface area contributed by atoms with Crippen molar-refractivity contribution in [3.63, 3.8) is 0 Å². The second-order valence-electron chi connectivity index (χ2n) is 8.87. The van der Waals surface area contributed by atoms with E-state index in [1.807, 2.05) is 0 Å². The Bertz CT molecular complexity index is 1600. The number of fused-ring (bicyclic) bond motifs is 5. The normalized spacial score (nSPS) is 12.6. The number of hydrogen-bond acceptors (Lipinski definition) is 0. The van der Waals surface area contributed by atoms with Crippen molar-refractivity contribution < 1.29 is 4.57 Å². The van der Waals surface area contributed by atoms with Crippen LogP contribution in [0.15, 0.2) is 54.7 Å². The van der Waals surface area contributed by atoms with Crippen LogP contribution in [-0.2, 0) is 7.05 Å². The smallest absolute Gasteiger partial charge is 0.238 e. The summed E-state index contributed by atoms with van der Waals surface area (Å²) >= 11 is 0. The molecular weight excluding hydrogens is 352 g/mol. The number of benzene rings is 3. The number of pyridine rings is 2. The zero-order valence-electron chi connectivity index (χ0n) is 17.7. The number of rotatable bonds is 1. The minimum absolute atomic E-state index is 0.511. The van der Waals surface area contributed by atoms with Gasteiger partial charge in [-0.25, -0.2) is 0 Å². The molecule has 0 aliphatic rings. The van der Waals surface area contributed by atoms with E-state index >= 15 is 0 Å². The first-order chi connectivity index (χ1) is 14.0. The quantitative estimate of drug-likeness (QED) is 0.174. The highest BCUT2D eigenvalue weighted by Gasteiger charge is 2.24. The van der Waals surface area contributed by atoms with Gasteiger partial charge in [0, 0.05) is 22.2 Å². The summed E-state index contributed by atoms with van der Waals surface area (Å²) in [7, 11) is 2.18. The van der Waals surface area contributed by atoms with Crippen molar-refractivity contribution in [3.8, 4) is 0 Å². The highest BCUT2D eigenvalue weighted by Crippen LogP contribution is 2.41. The summed E-state index contributed by atoms with van der Waals surface area (Å²) in [6, 6.07) is 18.4. The van der Waals surface area contributed by atoms with E-state index in [1.54, 1.807) is 0 Å². The summed E-state index contributed by atoms with van der Waals surface area (Å²) in [6.07, 6.45) is 2.22. The maximum absolute atomic E-state index is 2.51. The summed E-state index contributed by atoms with van der Waals surface area (Å²) in [6.45, 7) is 9.05. The molecule has 0 spiro atoms. The molecule has 29 heavy (non-hydrogen) atoms. The van der Waals surface area contributed by atoms with E-state index in [2.05, 4.69) is 98.4 Å². The molecule has 0 saturated carbocycles. The van der Waals surface area contributed by atoms with Gasteiger partial charge in [0.05, 0.1) is 16.4 Å². The van der Waals surface area contributed by atoms with Crippen LogP contribution in [-0.4, -0.2) is 4.40 Å². The molecule has 0 radical (unpaired) electrons. The van der Waals surface area contributed by atoms with Gasteiger partial charge in [-0.15, -0.1) is 0 Å². The third kappa shape index (κ3) is 1.99. The maximum atomic E-state index is 2.51. The van der Waals surface area contributed by atoms with Crippen LogP contribution in [0.1, 0.15) is 36.5 Å². The van der Waals surface area contributed by atoms with E-state index in [4.69, 9.17) is 0 Å². The van der Waals surface area contributed by atoms with Crippen molar-refractivity contribution in [1.82, 2.24) is 4.40 Å². The van der Waals surface area contributed by atoms with E-state index in [9.17, 15) is 0 Å². The number of aryl methyl sites for hydroxylation is 3. The van der Waals surface area contributed by atoms with Gasteiger partial charge in [0.2, 0.25) is 5.52 Å². The Morgan fingerprint density at radius 1 is 0.862 bits per heavy atom. The van der Waals surface area contributed by atoms with Crippen LogP contribution >= 0.6 is 0 Å². The summed E-state index contributed by atoms with van der Waals surface area (Å²) in [4.78, 5) is 0. The average molecular weight is 378 g/mol. The lowest BCUT2D eigenvalue weighted by atomic mass is 9.94. The van der Waals surface area contributed by atoms with E-state index in [0.717, 1.165) is 0 Å². The molecule has 3 aromatic carbocycles. The average Bonchev–Trinajstić information content (AvgIpc) is 3.04. The van der Waals surface area contributed by atoms with Crippen molar-refractivity contribution in [3.05, 3.63) is 71.4 Å². The van der Waals surface area contributed by atoms with E-state index in [0.29, 0.717) is 5.92 Å². The van der Waals surface area contributed by atoms with Crippen molar-refractivity contribution >= 4 is 49.0 Å². The first kappa shape index (κ1) is 16.8. The predicted molar refractivity (Wildman–Crippen MR) is 123 cm³/mol. The molecule has 2 nitrogen and oxygen atoms in total. The van der Waals surface area contributed by atoms with Gasteiger partial charge in [0.1, 0.15) is 12.6 Å². The lowest BCUT2D eigenvalue weighted by Crippen LogP contribution is -2.29.